The molecule has 1 aromatic rings. The lowest BCUT2D eigenvalue weighted by atomic mass is 10.2. The van der Waals surface area contributed by atoms with Crippen LogP contribution in [-0.4, -0.2) is 5.11 Å². The molecule has 0 saturated heterocycles. The van der Waals surface area contributed by atoms with Crippen LogP contribution >= 0.6 is 0 Å². The highest BCUT2D eigenvalue weighted by molar-refractivity contribution is 5.24. The molecule has 0 aliphatic heterocycles. The van der Waals surface area contributed by atoms with Gasteiger partial charge < -0.3 is 9.84 Å². The fraction of sp³-hybridized carbons (Fsp3) is 0.143. The Morgan fingerprint density at radius 2 is 1.94 bits per heavy atom. The van der Waals surface area contributed by atoms with Crippen molar-refractivity contribution in [3.05, 3.63) is 71.7 Å². The van der Waals surface area contributed by atoms with E-state index in [9.17, 15) is 5.11 Å². The predicted octanol–water partition coefficient (Wildman–Crippen LogP) is 3.49. The van der Waals surface area contributed by atoms with Gasteiger partial charge in [0.05, 0.1) is 0 Å². The summed E-state index contributed by atoms with van der Waals surface area (Å²) in [6, 6.07) is 10.0. The summed E-state index contributed by atoms with van der Waals surface area (Å²) in [7, 11) is 0. The van der Waals surface area contributed by atoms with E-state index in [0.717, 1.165) is 11.3 Å². The molecule has 0 amide bonds. The summed E-state index contributed by atoms with van der Waals surface area (Å²) >= 11 is 0. The number of rotatable bonds is 3. The van der Waals surface area contributed by atoms with Crippen molar-refractivity contribution in [2.24, 2.45) is 0 Å². The lowest BCUT2D eigenvalue weighted by Crippen LogP contribution is -1.92. The van der Waals surface area contributed by atoms with Gasteiger partial charge in [-0.25, -0.2) is 0 Å². The van der Waals surface area contributed by atoms with E-state index in [1.165, 1.54) is 0 Å². The summed E-state index contributed by atoms with van der Waals surface area (Å²) in [5.41, 5.74) is 1.14. The quantitative estimate of drug-likeness (QED) is 0.834. The third kappa shape index (κ3) is 3.02. The number of ether oxygens (including phenoxy) is 1. The molecule has 1 aromatic carbocycles. The van der Waals surface area contributed by atoms with E-state index in [2.05, 4.69) is 0 Å². The Labute approximate surface area is 95.2 Å². The first-order valence-corrected chi connectivity index (χ1v) is 5.28. The summed E-state index contributed by atoms with van der Waals surface area (Å²) in [6.07, 6.45) is 7.72. The molecule has 16 heavy (non-hydrogen) atoms. The second-order valence-corrected chi connectivity index (χ2v) is 3.61. The second kappa shape index (κ2) is 5.21. The zero-order valence-corrected chi connectivity index (χ0v) is 8.97. The van der Waals surface area contributed by atoms with E-state index in [-0.39, 0.29) is 5.76 Å². The lowest BCUT2D eigenvalue weighted by Gasteiger charge is -2.07. The van der Waals surface area contributed by atoms with Crippen molar-refractivity contribution in [2.75, 3.05) is 0 Å². The molecule has 82 valence electrons. The summed E-state index contributed by atoms with van der Waals surface area (Å²) in [5, 5.41) is 9.27. The van der Waals surface area contributed by atoms with Crippen molar-refractivity contribution in [2.45, 2.75) is 13.0 Å². The van der Waals surface area contributed by atoms with Crippen molar-refractivity contribution < 1.29 is 9.84 Å². The van der Waals surface area contributed by atoms with Crippen molar-refractivity contribution in [1.29, 1.82) is 0 Å². The summed E-state index contributed by atoms with van der Waals surface area (Å²) < 4.78 is 5.65. The standard InChI is InChI=1S/C14H14O2/c15-13-7-4-8-14(10-9-13)16-11-12-5-2-1-3-6-12/h1-7,9-10,15H,8,11H2. The van der Waals surface area contributed by atoms with Gasteiger partial charge in [-0.2, -0.15) is 0 Å². The van der Waals surface area contributed by atoms with E-state index in [0.29, 0.717) is 13.0 Å². The Bertz CT molecular complexity index is 427. The monoisotopic (exact) mass is 214 g/mol. The highest BCUT2D eigenvalue weighted by Gasteiger charge is 2.00. The molecule has 0 unspecified atom stereocenters. The minimum Gasteiger partial charge on any atom is -0.508 e. The Hall–Kier alpha value is -1.96. The molecule has 0 fully saturated rings. The lowest BCUT2D eigenvalue weighted by molar-refractivity contribution is 0.194. The maximum Gasteiger partial charge on any atom is 0.115 e. The van der Waals surface area contributed by atoms with E-state index in [1.54, 1.807) is 18.2 Å². The summed E-state index contributed by atoms with van der Waals surface area (Å²) in [6.45, 7) is 0.565. The molecule has 1 aliphatic rings. The third-order valence-corrected chi connectivity index (χ3v) is 2.31. The number of hydrogen-bond acceptors (Lipinski definition) is 2. The molecule has 0 radical (unpaired) electrons. The van der Waals surface area contributed by atoms with E-state index >= 15 is 0 Å². The van der Waals surface area contributed by atoms with Crippen molar-refractivity contribution in [3.63, 3.8) is 0 Å². The molecule has 2 heteroatoms. The minimum absolute atomic E-state index is 0.262. The summed E-state index contributed by atoms with van der Waals surface area (Å²) in [4.78, 5) is 0. The van der Waals surface area contributed by atoms with Crippen LogP contribution in [0.1, 0.15) is 12.0 Å². The van der Waals surface area contributed by atoms with Crippen molar-refractivity contribution >= 4 is 0 Å². The zero-order valence-electron chi connectivity index (χ0n) is 8.97. The van der Waals surface area contributed by atoms with Crippen LogP contribution in [0.25, 0.3) is 0 Å². The first-order valence-electron chi connectivity index (χ1n) is 5.28. The van der Waals surface area contributed by atoms with E-state index in [4.69, 9.17) is 4.74 Å². The fourth-order valence-corrected chi connectivity index (χ4v) is 1.46. The van der Waals surface area contributed by atoms with Gasteiger partial charge in [0.25, 0.3) is 0 Å². The predicted molar refractivity (Wildman–Crippen MR) is 63.8 cm³/mol. The molecule has 1 aliphatic carbocycles. The van der Waals surface area contributed by atoms with Crippen LogP contribution in [0.2, 0.25) is 0 Å². The Morgan fingerprint density at radius 3 is 2.75 bits per heavy atom. The van der Waals surface area contributed by atoms with Gasteiger partial charge in [0.2, 0.25) is 0 Å². The highest BCUT2D eigenvalue weighted by Crippen LogP contribution is 2.13. The fourth-order valence-electron chi connectivity index (χ4n) is 1.46. The molecule has 0 aromatic heterocycles. The largest absolute Gasteiger partial charge is 0.508 e. The van der Waals surface area contributed by atoms with Gasteiger partial charge >= 0.3 is 0 Å². The molecule has 0 heterocycles. The SMILES string of the molecule is OC1=CC=C(OCc2ccccc2)CC=C1. The first-order chi connectivity index (χ1) is 7.84. The number of benzene rings is 1. The van der Waals surface area contributed by atoms with Crippen LogP contribution in [0.3, 0.4) is 0 Å². The molecule has 0 spiro atoms. The van der Waals surface area contributed by atoms with Gasteiger partial charge in [-0.1, -0.05) is 36.4 Å². The average molecular weight is 214 g/mol. The average Bonchev–Trinajstić information content (AvgIpc) is 2.53. The first kappa shape index (κ1) is 10.6. The van der Waals surface area contributed by atoms with Crippen LogP contribution in [0.15, 0.2) is 66.2 Å². The van der Waals surface area contributed by atoms with Crippen LogP contribution in [0.4, 0.5) is 0 Å². The van der Waals surface area contributed by atoms with Gasteiger partial charge in [-0.05, 0) is 23.8 Å². The minimum atomic E-state index is 0.262. The van der Waals surface area contributed by atoms with Gasteiger partial charge in [-0.15, -0.1) is 0 Å². The molecule has 0 bridgehead atoms. The molecular weight excluding hydrogens is 200 g/mol. The van der Waals surface area contributed by atoms with E-state index in [1.807, 2.05) is 36.4 Å². The molecule has 0 atom stereocenters. The Morgan fingerprint density at radius 1 is 1.12 bits per heavy atom. The van der Waals surface area contributed by atoms with Gasteiger partial charge in [0.15, 0.2) is 0 Å². The maximum atomic E-state index is 9.27. The van der Waals surface area contributed by atoms with Gasteiger partial charge in [0, 0.05) is 6.42 Å². The number of aliphatic hydroxyl groups excluding tert-OH is 1. The van der Waals surface area contributed by atoms with Crippen molar-refractivity contribution in [3.8, 4) is 0 Å². The Balaban J connectivity index is 1.94. The molecule has 2 nitrogen and oxygen atoms in total. The van der Waals surface area contributed by atoms with Gasteiger partial charge in [0.1, 0.15) is 18.1 Å². The Kier molecular flexibility index (Phi) is 3.44. The highest BCUT2D eigenvalue weighted by atomic mass is 16.5. The molecule has 2 rings (SSSR count). The van der Waals surface area contributed by atoms with Crippen LogP contribution in [0.5, 0.6) is 0 Å². The molecular formula is C14H14O2. The van der Waals surface area contributed by atoms with Gasteiger partial charge in [-0.3, -0.25) is 0 Å². The zero-order chi connectivity index (χ0) is 11.2. The second-order valence-electron chi connectivity index (χ2n) is 3.61. The maximum absolute atomic E-state index is 9.27. The molecule has 1 N–H and O–H groups in total. The topological polar surface area (TPSA) is 29.5 Å². The number of aliphatic hydroxyl groups is 1. The van der Waals surface area contributed by atoms with Crippen molar-refractivity contribution in [1.82, 2.24) is 0 Å². The van der Waals surface area contributed by atoms with Crippen LogP contribution in [0, 0.1) is 0 Å². The smallest absolute Gasteiger partial charge is 0.115 e. The third-order valence-electron chi connectivity index (χ3n) is 2.31. The normalized spacial score (nSPS) is 15.0. The number of allylic oxidation sites excluding steroid dienone is 4. The van der Waals surface area contributed by atoms with Crippen LogP contribution < -0.4 is 0 Å². The number of hydrogen-bond donors (Lipinski definition) is 1. The van der Waals surface area contributed by atoms with E-state index < -0.39 is 0 Å². The molecule has 0 saturated carbocycles. The summed E-state index contributed by atoms with van der Waals surface area (Å²) in [5.74, 6) is 1.13. The van der Waals surface area contributed by atoms with Crippen LogP contribution in [-0.2, 0) is 11.3 Å².